The molecule has 5 heteroatoms. The first-order chi connectivity index (χ1) is 10.2. The van der Waals surface area contributed by atoms with Crippen molar-refractivity contribution < 1.29 is 9.63 Å². The van der Waals surface area contributed by atoms with Crippen LogP contribution in [0.15, 0.2) is 57.5 Å². The van der Waals surface area contributed by atoms with Crippen LogP contribution in [0.3, 0.4) is 0 Å². The van der Waals surface area contributed by atoms with Crippen LogP contribution < -0.4 is 0 Å². The number of rotatable bonds is 4. The predicted octanol–water partition coefficient (Wildman–Crippen LogP) is 3.72. The highest BCUT2D eigenvalue weighted by molar-refractivity contribution is 9.10. The van der Waals surface area contributed by atoms with Crippen molar-refractivity contribution in [1.29, 1.82) is 0 Å². The van der Waals surface area contributed by atoms with E-state index in [0.717, 1.165) is 15.6 Å². The number of nitrogens with zero attached hydrogens (tertiary/aromatic N) is 2. The van der Waals surface area contributed by atoms with Gasteiger partial charge in [-0.25, -0.2) is 0 Å². The Morgan fingerprint density at radius 3 is 2.43 bits per heavy atom. The molecule has 1 heterocycles. The Kier molecular flexibility index (Phi) is 4.01. The van der Waals surface area contributed by atoms with Gasteiger partial charge in [0.15, 0.2) is 5.82 Å². The summed E-state index contributed by atoms with van der Waals surface area (Å²) in [7, 11) is 0. The van der Waals surface area contributed by atoms with E-state index < -0.39 is 0 Å². The number of halogens is 1. The fraction of sp³-hybridized carbons (Fsp3) is 0.125. The van der Waals surface area contributed by atoms with Gasteiger partial charge in [-0.2, -0.15) is 4.98 Å². The van der Waals surface area contributed by atoms with Crippen LogP contribution in [0.25, 0.3) is 0 Å². The summed E-state index contributed by atoms with van der Waals surface area (Å²) in [4.78, 5) is 4.37. The maximum absolute atomic E-state index is 9.75. The van der Waals surface area contributed by atoms with Crippen LogP contribution in [0.2, 0.25) is 0 Å². The Morgan fingerprint density at radius 2 is 1.67 bits per heavy atom. The molecule has 0 radical (unpaired) electrons. The lowest BCUT2D eigenvalue weighted by molar-refractivity contribution is 0.378. The summed E-state index contributed by atoms with van der Waals surface area (Å²) in [5, 5.41) is 13.7. The molecule has 0 unspecified atom stereocenters. The van der Waals surface area contributed by atoms with Crippen LogP contribution in [0.1, 0.15) is 22.8 Å². The fourth-order valence-electron chi connectivity index (χ4n) is 2.07. The van der Waals surface area contributed by atoms with E-state index in [1.165, 1.54) is 0 Å². The molecule has 0 fully saturated rings. The fourth-order valence-corrected chi connectivity index (χ4v) is 2.49. The Balaban J connectivity index is 1.75. The second kappa shape index (κ2) is 6.10. The summed E-state index contributed by atoms with van der Waals surface area (Å²) in [5.41, 5.74) is 1.88. The Bertz CT molecular complexity index is 693. The van der Waals surface area contributed by atoms with Crippen LogP contribution >= 0.6 is 15.9 Å². The van der Waals surface area contributed by atoms with E-state index in [2.05, 4.69) is 26.1 Å². The molecule has 0 bridgehead atoms. The van der Waals surface area contributed by atoms with E-state index in [4.69, 9.17) is 4.52 Å². The number of phenolic OH excluding ortho intramolecular Hbond substituents is 1. The van der Waals surface area contributed by atoms with E-state index in [0.29, 0.717) is 24.6 Å². The van der Waals surface area contributed by atoms with Gasteiger partial charge in [0, 0.05) is 16.5 Å². The average molecular weight is 345 g/mol. The molecule has 1 aromatic heterocycles. The quantitative estimate of drug-likeness (QED) is 0.783. The predicted molar refractivity (Wildman–Crippen MR) is 82.2 cm³/mol. The zero-order valence-electron chi connectivity index (χ0n) is 11.2. The third-order valence-electron chi connectivity index (χ3n) is 3.15. The Morgan fingerprint density at radius 1 is 0.952 bits per heavy atom. The minimum absolute atomic E-state index is 0.239. The summed E-state index contributed by atoms with van der Waals surface area (Å²) in [6.07, 6.45) is 1.03. The van der Waals surface area contributed by atoms with Crippen molar-refractivity contribution in [3.05, 3.63) is 75.8 Å². The molecule has 0 saturated carbocycles. The van der Waals surface area contributed by atoms with Gasteiger partial charge in [-0.3, -0.25) is 0 Å². The van der Waals surface area contributed by atoms with Gasteiger partial charge in [0.25, 0.3) is 0 Å². The molecule has 3 rings (SSSR count). The lowest BCUT2D eigenvalue weighted by Gasteiger charge is -2.00. The van der Waals surface area contributed by atoms with E-state index >= 15 is 0 Å². The molecule has 2 aromatic carbocycles. The van der Waals surface area contributed by atoms with Gasteiger partial charge < -0.3 is 9.63 Å². The number of hydrogen-bond acceptors (Lipinski definition) is 4. The normalized spacial score (nSPS) is 10.7. The highest BCUT2D eigenvalue weighted by Crippen LogP contribution is 2.21. The van der Waals surface area contributed by atoms with Gasteiger partial charge in [0.2, 0.25) is 5.89 Å². The molecule has 3 aromatic rings. The van der Waals surface area contributed by atoms with Crippen molar-refractivity contribution in [1.82, 2.24) is 10.1 Å². The van der Waals surface area contributed by atoms with Crippen LogP contribution in [-0.2, 0) is 12.8 Å². The molecule has 0 spiro atoms. The molecule has 0 aliphatic heterocycles. The van der Waals surface area contributed by atoms with Crippen molar-refractivity contribution in [2.24, 2.45) is 0 Å². The van der Waals surface area contributed by atoms with E-state index in [9.17, 15) is 5.11 Å². The summed E-state index contributed by atoms with van der Waals surface area (Å²) in [6, 6.07) is 15.1. The van der Waals surface area contributed by atoms with E-state index in [-0.39, 0.29) is 5.75 Å². The number of aromatic nitrogens is 2. The number of para-hydroxylation sites is 1. The minimum atomic E-state index is 0.239. The van der Waals surface area contributed by atoms with E-state index in [1.54, 1.807) is 12.1 Å². The molecule has 0 aliphatic carbocycles. The van der Waals surface area contributed by atoms with Crippen molar-refractivity contribution in [2.75, 3.05) is 0 Å². The second-order valence-electron chi connectivity index (χ2n) is 4.68. The Hall–Kier alpha value is -2.14. The zero-order valence-corrected chi connectivity index (χ0v) is 12.7. The maximum atomic E-state index is 9.75. The maximum Gasteiger partial charge on any atom is 0.231 e. The van der Waals surface area contributed by atoms with Crippen molar-refractivity contribution in [2.45, 2.75) is 12.8 Å². The largest absolute Gasteiger partial charge is 0.508 e. The summed E-state index contributed by atoms with van der Waals surface area (Å²) in [6.45, 7) is 0. The number of hydrogen-bond donors (Lipinski definition) is 1. The third kappa shape index (κ3) is 3.31. The topological polar surface area (TPSA) is 59.2 Å². The monoisotopic (exact) mass is 344 g/mol. The molecular weight excluding hydrogens is 332 g/mol. The van der Waals surface area contributed by atoms with Gasteiger partial charge in [-0.1, -0.05) is 57.5 Å². The van der Waals surface area contributed by atoms with Gasteiger partial charge in [-0.05, 0) is 17.7 Å². The average Bonchev–Trinajstić information content (AvgIpc) is 2.91. The molecule has 0 atom stereocenters. The van der Waals surface area contributed by atoms with Crippen molar-refractivity contribution in [3.63, 3.8) is 0 Å². The smallest absolute Gasteiger partial charge is 0.231 e. The van der Waals surface area contributed by atoms with Gasteiger partial charge in [-0.15, -0.1) is 0 Å². The zero-order chi connectivity index (χ0) is 14.7. The van der Waals surface area contributed by atoms with E-state index in [1.807, 2.05) is 36.4 Å². The van der Waals surface area contributed by atoms with Crippen LogP contribution in [0, 0.1) is 0 Å². The molecule has 106 valence electrons. The van der Waals surface area contributed by atoms with Gasteiger partial charge >= 0.3 is 0 Å². The number of benzene rings is 2. The van der Waals surface area contributed by atoms with Crippen LogP contribution in [0.5, 0.6) is 5.75 Å². The molecule has 21 heavy (non-hydrogen) atoms. The first-order valence-electron chi connectivity index (χ1n) is 6.54. The molecule has 0 amide bonds. The number of aromatic hydroxyl groups is 1. The SMILES string of the molecule is Oc1ccccc1Cc1nc(Cc2ccccc2Br)no1. The number of phenols is 1. The van der Waals surface area contributed by atoms with Crippen LogP contribution in [0.4, 0.5) is 0 Å². The van der Waals surface area contributed by atoms with Crippen molar-refractivity contribution >= 4 is 15.9 Å². The Labute approximate surface area is 130 Å². The lowest BCUT2D eigenvalue weighted by atomic mass is 10.1. The first kappa shape index (κ1) is 13.8. The van der Waals surface area contributed by atoms with Gasteiger partial charge in [0.05, 0.1) is 6.42 Å². The molecule has 1 N–H and O–H groups in total. The highest BCUT2D eigenvalue weighted by Gasteiger charge is 2.11. The minimum Gasteiger partial charge on any atom is -0.508 e. The van der Waals surface area contributed by atoms with Gasteiger partial charge in [0.1, 0.15) is 5.75 Å². The molecule has 4 nitrogen and oxygen atoms in total. The summed E-state index contributed by atoms with van der Waals surface area (Å²) >= 11 is 3.50. The standard InChI is InChI=1S/C16H13BrN2O2/c17-13-7-3-1-5-11(13)9-15-18-16(21-19-15)10-12-6-2-4-8-14(12)20/h1-8,20H,9-10H2. The van der Waals surface area contributed by atoms with Crippen molar-refractivity contribution in [3.8, 4) is 5.75 Å². The third-order valence-corrected chi connectivity index (χ3v) is 3.92. The molecular formula is C16H13BrN2O2. The molecule has 0 aliphatic rings. The lowest BCUT2D eigenvalue weighted by Crippen LogP contribution is -1.93. The summed E-state index contributed by atoms with van der Waals surface area (Å²) < 4.78 is 6.27. The molecule has 0 saturated heterocycles. The second-order valence-corrected chi connectivity index (χ2v) is 5.53. The van der Waals surface area contributed by atoms with Crippen LogP contribution in [-0.4, -0.2) is 15.2 Å². The highest BCUT2D eigenvalue weighted by atomic mass is 79.9. The summed E-state index contributed by atoms with van der Waals surface area (Å²) in [5.74, 6) is 1.37. The first-order valence-corrected chi connectivity index (χ1v) is 7.33.